The van der Waals surface area contributed by atoms with E-state index >= 15 is 0 Å². The Morgan fingerprint density at radius 2 is 1.82 bits per heavy atom. The number of hydrogen-bond acceptors (Lipinski definition) is 4. The quantitative estimate of drug-likeness (QED) is 0.496. The highest BCUT2D eigenvalue weighted by atomic mass is 16.7. The van der Waals surface area contributed by atoms with Crippen LogP contribution in [0.15, 0.2) is 72.9 Å². The van der Waals surface area contributed by atoms with Gasteiger partial charge in [-0.05, 0) is 35.4 Å². The maximum absolute atomic E-state index is 13.3. The summed E-state index contributed by atoms with van der Waals surface area (Å²) in [6.07, 6.45) is 1.93. The topological polar surface area (TPSA) is 83.7 Å². The van der Waals surface area contributed by atoms with E-state index in [1.165, 1.54) is 0 Å². The lowest BCUT2D eigenvalue weighted by molar-refractivity contribution is -0.122. The first kappa shape index (κ1) is 19.4. The molecule has 164 valence electrons. The monoisotopic (exact) mass is 439 g/mol. The normalized spacial score (nSPS) is 16.3. The summed E-state index contributed by atoms with van der Waals surface area (Å²) in [5.74, 6) is 1.01. The first-order valence-electron chi connectivity index (χ1n) is 10.8. The van der Waals surface area contributed by atoms with E-state index in [9.17, 15) is 9.59 Å². The fourth-order valence-electron chi connectivity index (χ4n) is 4.65. The summed E-state index contributed by atoms with van der Waals surface area (Å²) in [5.41, 5.74) is 4.42. The number of aromatic amines is 1. The number of nitrogens with zero attached hydrogens (tertiary/aromatic N) is 1. The number of aromatic nitrogens is 1. The van der Waals surface area contributed by atoms with Crippen LogP contribution in [0.5, 0.6) is 11.5 Å². The Labute approximate surface area is 189 Å². The summed E-state index contributed by atoms with van der Waals surface area (Å²) in [4.78, 5) is 31.1. The molecule has 33 heavy (non-hydrogen) atoms. The van der Waals surface area contributed by atoms with Crippen LogP contribution >= 0.6 is 0 Å². The zero-order chi connectivity index (χ0) is 22.4. The molecule has 7 heteroatoms. The van der Waals surface area contributed by atoms with E-state index in [1.807, 2.05) is 72.9 Å². The highest BCUT2D eigenvalue weighted by Gasteiger charge is 2.39. The van der Waals surface area contributed by atoms with Crippen molar-refractivity contribution >= 4 is 22.7 Å². The molecule has 1 atom stereocenters. The fraction of sp³-hybridized carbons (Fsp3) is 0.154. The second-order valence-corrected chi connectivity index (χ2v) is 8.18. The molecule has 2 N–H and O–H groups in total. The van der Waals surface area contributed by atoms with Crippen molar-refractivity contribution in [2.24, 2.45) is 0 Å². The molecule has 0 saturated carbocycles. The van der Waals surface area contributed by atoms with Crippen molar-refractivity contribution in [3.05, 3.63) is 95.2 Å². The van der Waals surface area contributed by atoms with Crippen LogP contribution in [0.2, 0.25) is 0 Å². The maximum atomic E-state index is 13.3. The predicted molar refractivity (Wildman–Crippen MR) is 122 cm³/mol. The third kappa shape index (κ3) is 3.29. The number of para-hydroxylation sites is 1. The number of H-pyrrole nitrogens is 1. The summed E-state index contributed by atoms with van der Waals surface area (Å²) in [6, 6.07) is 20.8. The van der Waals surface area contributed by atoms with Gasteiger partial charge >= 0.3 is 0 Å². The molecule has 2 aliphatic rings. The van der Waals surface area contributed by atoms with Gasteiger partial charge in [-0.15, -0.1) is 0 Å². The Balaban J connectivity index is 1.26. The molecular weight excluding hydrogens is 418 g/mol. The fourth-order valence-corrected chi connectivity index (χ4v) is 4.65. The maximum Gasteiger partial charge on any atom is 0.255 e. The molecule has 0 unspecified atom stereocenters. The van der Waals surface area contributed by atoms with Crippen LogP contribution in [0.1, 0.15) is 33.1 Å². The molecule has 3 aromatic carbocycles. The molecule has 0 spiro atoms. The third-order valence-corrected chi connectivity index (χ3v) is 6.21. The number of carbonyl (C=O) groups excluding carboxylic acids is 2. The van der Waals surface area contributed by atoms with Crippen molar-refractivity contribution in [3.8, 4) is 11.5 Å². The van der Waals surface area contributed by atoms with Crippen LogP contribution in [-0.2, 0) is 11.3 Å². The van der Waals surface area contributed by atoms with Crippen molar-refractivity contribution < 1.29 is 19.1 Å². The molecule has 2 aliphatic heterocycles. The largest absolute Gasteiger partial charge is 0.454 e. The summed E-state index contributed by atoms with van der Waals surface area (Å²) in [5, 5.41) is 3.97. The molecule has 7 nitrogen and oxygen atoms in total. The molecule has 0 fully saturated rings. The average Bonchev–Trinajstić information content (AvgIpc) is 3.54. The number of fused-ring (bicyclic) bond motifs is 3. The minimum Gasteiger partial charge on any atom is -0.454 e. The van der Waals surface area contributed by atoms with E-state index in [0.29, 0.717) is 23.6 Å². The van der Waals surface area contributed by atoms with Gasteiger partial charge in [-0.2, -0.15) is 0 Å². The number of nitrogens with one attached hydrogen (secondary N) is 2. The van der Waals surface area contributed by atoms with Gasteiger partial charge in [0.05, 0.1) is 6.04 Å². The average molecular weight is 439 g/mol. The van der Waals surface area contributed by atoms with E-state index in [0.717, 1.165) is 27.6 Å². The SMILES string of the molecule is O=C(CN1C(=O)c2ccccc2[C@H]1c1c[nH]c2ccccc12)NCc1ccc2c(c1)OCO2. The van der Waals surface area contributed by atoms with Gasteiger partial charge in [-0.1, -0.05) is 42.5 Å². The van der Waals surface area contributed by atoms with Gasteiger partial charge in [0.2, 0.25) is 12.7 Å². The van der Waals surface area contributed by atoms with Gasteiger partial charge in [-0.25, -0.2) is 0 Å². The first-order chi connectivity index (χ1) is 16.2. The number of carbonyl (C=O) groups is 2. The van der Waals surface area contributed by atoms with E-state index in [-0.39, 0.29) is 31.2 Å². The summed E-state index contributed by atoms with van der Waals surface area (Å²) < 4.78 is 10.7. The van der Waals surface area contributed by atoms with Crippen molar-refractivity contribution in [1.82, 2.24) is 15.2 Å². The lowest BCUT2D eigenvalue weighted by atomic mass is 9.97. The molecule has 3 heterocycles. The molecule has 6 rings (SSSR count). The Kier molecular flexibility index (Phi) is 4.54. The van der Waals surface area contributed by atoms with Crippen LogP contribution in [0.4, 0.5) is 0 Å². The number of rotatable bonds is 5. The number of benzene rings is 3. The molecule has 2 amide bonds. The predicted octanol–water partition coefficient (Wildman–Crippen LogP) is 3.76. The number of amides is 2. The lowest BCUT2D eigenvalue weighted by Crippen LogP contribution is -2.39. The van der Waals surface area contributed by atoms with Crippen molar-refractivity contribution in [1.29, 1.82) is 0 Å². The summed E-state index contributed by atoms with van der Waals surface area (Å²) in [6.45, 7) is 0.502. The minimum absolute atomic E-state index is 0.0394. The first-order valence-corrected chi connectivity index (χ1v) is 10.8. The van der Waals surface area contributed by atoms with Crippen LogP contribution in [0, 0.1) is 0 Å². The van der Waals surface area contributed by atoms with E-state index in [1.54, 1.807) is 4.90 Å². The zero-order valence-corrected chi connectivity index (χ0v) is 17.7. The van der Waals surface area contributed by atoms with E-state index in [2.05, 4.69) is 10.3 Å². The van der Waals surface area contributed by atoms with Crippen molar-refractivity contribution in [3.63, 3.8) is 0 Å². The van der Waals surface area contributed by atoms with Crippen molar-refractivity contribution in [2.45, 2.75) is 12.6 Å². The van der Waals surface area contributed by atoms with Gasteiger partial charge < -0.3 is 24.7 Å². The van der Waals surface area contributed by atoms with Crippen LogP contribution in [0.3, 0.4) is 0 Å². The van der Waals surface area contributed by atoms with Crippen LogP contribution in [0.25, 0.3) is 10.9 Å². The van der Waals surface area contributed by atoms with E-state index in [4.69, 9.17) is 9.47 Å². The molecule has 1 aromatic heterocycles. The van der Waals surface area contributed by atoms with Gasteiger partial charge in [-0.3, -0.25) is 9.59 Å². The van der Waals surface area contributed by atoms with Crippen molar-refractivity contribution in [2.75, 3.05) is 13.3 Å². The Morgan fingerprint density at radius 3 is 2.76 bits per heavy atom. The highest BCUT2D eigenvalue weighted by molar-refractivity contribution is 6.02. The standard InChI is InChI=1S/C26H21N3O4/c30-24(28-12-16-9-10-22-23(11-16)33-15-32-22)14-29-25(18-6-1-2-7-19(18)26(29)31)20-13-27-21-8-4-3-5-17(20)21/h1-11,13,25,27H,12,14-15H2,(H,28,30)/t25-/m0/s1. The molecule has 0 radical (unpaired) electrons. The van der Waals surface area contributed by atoms with Gasteiger partial charge in [0.25, 0.3) is 5.91 Å². The van der Waals surface area contributed by atoms with Gasteiger partial charge in [0, 0.05) is 34.8 Å². The smallest absolute Gasteiger partial charge is 0.255 e. The van der Waals surface area contributed by atoms with Crippen LogP contribution in [-0.4, -0.2) is 35.0 Å². The lowest BCUT2D eigenvalue weighted by Gasteiger charge is -2.25. The Hall–Kier alpha value is -4.26. The summed E-state index contributed by atoms with van der Waals surface area (Å²) in [7, 11) is 0. The zero-order valence-electron chi connectivity index (χ0n) is 17.7. The van der Waals surface area contributed by atoms with E-state index < -0.39 is 0 Å². The van der Waals surface area contributed by atoms with Gasteiger partial charge in [0.15, 0.2) is 11.5 Å². The number of ether oxygens (including phenoxy) is 2. The molecule has 0 bridgehead atoms. The minimum atomic E-state index is -0.332. The summed E-state index contributed by atoms with van der Waals surface area (Å²) >= 11 is 0. The molecular formula is C26H21N3O4. The molecule has 0 aliphatic carbocycles. The van der Waals surface area contributed by atoms with Crippen LogP contribution < -0.4 is 14.8 Å². The molecule has 0 saturated heterocycles. The second-order valence-electron chi connectivity index (χ2n) is 8.18. The molecule has 4 aromatic rings. The number of hydrogen-bond donors (Lipinski definition) is 2. The second kappa shape index (κ2) is 7.70. The Morgan fingerprint density at radius 1 is 1.00 bits per heavy atom. The third-order valence-electron chi connectivity index (χ3n) is 6.21. The Bertz CT molecular complexity index is 1390. The highest BCUT2D eigenvalue weighted by Crippen LogP contribution is 2.40. The van der Waals surface area contributed by atoms with Gasteiger partial charge in [0.1, 0.15) is 6.54 Å².